The fourth-order valence-electron chi connectivity index (χ4n) is 2.07. The summed E-state index contributed by atoms with van der Waals surface area (Å²) in [7, 11) is 0. The highest BCUT2D eigenvalue weighted by Gasteiger charge is 2.08. The largest absolute Gasteiger partial charge is 0.352 e. The quantitative estimate of drug-likeness (QED) is 0.201. The van der Waals surface area contributed by atoms with E-state index in [0.29, 0.717) is 19.6 Å². The van der Waals surface area contributed by atoms with E-state index in [9.17, 15) is 0 Å². The van der Waals surface area contributed by atoms with Crippen molar-refractivity contribution in [2.24, 2.45) is 0 Å². The van der Waals surface area contributed by atoms with Gasteiger partial charge in [-0.15, -0.1) is 0 Å². The van der Waals surface area contributed by atoms with Gasteiger partial charge in [-0.05, 0) is 44.9 Å². The van der Waals surface area contributed by atoms with E-state index in [2.05, 4.69) is 44.2 Å². The zero-order chi connectivity index (χ0) is 17.0. The van der Waals surface area contributed by atoms with E-state index < -0.39 is 0 Å². The van der Waals surface area contributed by atoms with Gasteiger partial charge < -0.3 is 9.47 Å². The highest BCUT2D eigenvalue weighted by atomic mass is 16.7. The molecule has 0 N–H and O–H groups in total. The van der Waals surface area contributed by atoms with Gasteiger partial charge in [-0.25, -0.2) is 0 Å². The molecule has 0 saturated heterocycles. The first-order valence-corrected chi connectivity index (χ1v) is 9.25. The van der Waals surface area contributed by atoms with Gasteiger partial charge in [0.05, 0.1) is 19.3 Å². The summed E-state index contributed by atoms with van der Waals surface area (Å²) in [5.41, 5.74) is 0. The van der Waals surface area contributed by atoms with Gasteiger partial charge in [-0.3, -0.25) is 0 Å². The summed E-state index contributed by atoms with van der Waals surface area (Å²) in [5, 5.41) is 8.59. The average Bonchev–Trinajstić information content (AvgIpc) is 2.57. The second-order valence-corrected chi connectivity index (χ2v) is 5.67. The van der Waals surface area contributed by atoms with Crippen molar-refractivity contribution in [1.82, 2.24) is 0 Å². The SMILES string of the molecule is CCC/C=C\CCOC(CCCCC#N)OCC/C=C\CCC. The molecule has 0 rings (SSSR count). The molecule has 0 fully saturated rings. The van der Waals surface area contributed by atoms with Crippen LogP contribution in [0.15, 0.2) is 24.3 Å². The van der Waals surface area contributed by atoms with Crippen LogP contribution in [0.4, 0.5) is 0 Å². The van der Waals surface area contributed by atoms with E-state index in [1.807, 2.05) is 0 Å². The Hall–Kier alpha value is -1.11. The predicted molar refractivity (Wildman–Crippen MR) is 97.1 cm³/mol. The first-order valence-electron chi connectivity index (χ1n) is 9.25. The minimum Gasteiger partial charge on any atom is -0.352 e. The molecule has 0 aromatic carbocycles. The second kappa shape index (κ2) is 18.9. The molecule has 0 radical (unpaired) electrons. The number of unbranched alkanes of at least 4 members (excludes halogenated alkanes) is 4. The Bertz CT molecular complexity index is 309. The molecule has 0 bridgehead atoms. The Morgan fingerprint density at radius 1 is 0.826 bits per heavy atom. The number of nitriles is 1. The molecule has 0 atom stereocenters. The van der Waals surface area contributed by atoms with Crippen LogP contribution in [-0.2, 0) is 9.47 Å². The van der Waals surface area contributed by atoms with Crippen LogP contribution in [0.25, 0.3) is 0 Å². The summed E-state index contributed by atoms with van der Waals surface area (Å²) >= 11 is 0. The molecular weight excluding hydrogens is 286 g/mol. The van der Waals surface area contributed by atoms with Gasteiger partial charge in [0.2, 0.25) is 0 Å². The standard InChI is InChI=1S/C20H35NO2/c1-3-5-7-9-14-18-22-20(16-12-11-13-17-21)23-19-15-10-8-6-4-2/h7-10,20H,3-6,11-16,18-19H2,1-2H3/b9-7-,10-8-. The van der Waals surface area contributed by atoms with Gasteiger partial charge in [0.25, 0.3) is 0 Å². The number of hydrogen-bond acceptors (Lipinski definition) is 3. The Labute approximate surface area is 143 Å². The molecule has 0 aliphatic heterocycles. The van der Waals surface area contributed by atoms with Crippen molar-refractivity contribution in [2.75, 3.05) is 13.2 Å². The maximum atomic E-state index is 8.59. The minimum atomic E-state index is -0.132. The molecule has 3 heteroatoms. The summed E-state index contributed by atoms with van der Waals surface area (Å²) in [4.78, 5) is 0. The zero-order valence-corrected chi connectivity index (χ0v) is 15.1. The van der Waals surface area contributed by atoms with Gasteiger partial charge >= 0.3 is 0 Å². The van der Waals surface area contributed by atoms with Crippen molar-refractivity contribution in [2.45, 2.75) is 84.3 Å². The lowest BCUT2D eigenvalue weighted by molar-refractivity contribution is -0.144. The molecule has 132 valence electrons. The van der Waals surface area contributed by atoms with E-state index in [-0.39, 0.29) is 6.29 Å². The number of allylic oxidation sites excluding steroid dienone is 2. The number of nitrogens with zero attached hydrogens (tertiary/aromatic N) is 1. The molecule has 0 amide bonds. The van der Waals surface area contributed by atoms with E-state index in [1.54, 1.807) is 0 Å². The van der Waals surface area contributed by atoms with Gasteiger partial charge in [0.1, 0.15) is 0 Å². The Kier molecular flexibility index (Phi) is 18.0. The van der Waals surface area contributed by atoms with Crippen LogP contribution in [0.5, 0.6) is 0 Å². The predicted octanol–water partition coefficient (Wildman–Crippen LogP) is 5.92. The molecule has 0 spiro atoms. The van der Waals surface area contributed by atoms with Crippen molar-refractivity contribution in [3.05, 3.63) is 24.3 Å². The van der Waals surface area contributed by atoms with Crippen molar-refractivity contribution in [3.8, 4) is 6.07 Å². The molecule has 0 aromatic heterocycles. The highest BCUT2D eigenvalue weighted by Crippen LogP contribution is 2.10. The fourth-order valence-corrected chi connectivity index (χ4v) is 2.07. The second-order valence-electron chi connectivity index (χ2n) is 5.67. The van der Waals surface area contributed by atoms with E-state index in [1.165, 1.54) is 12.8 Å². The summed E-state index contributed by atoms with van der Waals surface area (Å²) in [5.74, 6) is 0. The first-order chi connectivity index (χ1) is 11.3. The fraction of sp³-hybridized carbons (Fsp3) is 0.750. The molecule has 0 aromatic rings. The smallest absolute Gasteiger partial charge is 0.157 e. The number of ether oxygens (including phenoxy) is 2. The minimum absolute atomic E-state index is 0.132. The molecule has 0 heterocycles. The molecular formula is C20H35NO2. The van der Waals surface area contributed by atoms with E-state index >= 15 is 0 Å². The molecule has 0 saturated carbocycles. The average molecular weight is 322 g/mol. The summed E-state index contributed by atoms with van der Waals surface area (Å²) in [6, 6.07) is 2.19. The lowest BCUT2D eigenvalue weighted by atomic mass is 10.2. The van der Waals surface area contributed by atoms with Crippen molar-refractivity contribution in [1.29, 1.82) is 5.26 Å². The van der Waals surface area contributed by atoms with Gasteiger partial charge in [-0.2, -0.15) is 5.26 Å². The maximum Gasteiger partial charge on any atom is 0.157 e. The lowest BCUT2D eigenvalue weighted by Crippen LogP contribution is -2.18. The van der Waals surface area contributed by atoms with Gasteiger partial charge in [0.15, 0.2) is 6.29 Å². The van der Waals surface area contributed by atoms with Crippen LogP contribution in [-0.4, -0.2) is 19.5 Å². The highest BCUT2D eigenvalue weighted by molar-refractivity contribution is 4.81. The van der Waals surface area contributed by atoms with Crippen LogP contribution >= 0.6 is 0 Å². The van der Waals surface area contributed by atoms with Crippen molar-refractivity contribution < 1.29 is 9.47 Å². The topological polar surface area (TPSA) is 42.2 Å². The third-order valence-electron chi connectivity index (χ3n) is 3.40. The van der Waals surface area contributed by atoms with Crippen molar-refractivity contribution in [3.63, 3.8) is 0 Å². The lowest BCUT2D eigenvalue weighted by Gasteiger charge is -2.18. The summed E-state index contributed by atoms with van der Waals surface area (Å²) in [6.45, 7) is 5.77. The Morgan fingerprint density at radius 2 is 1.35 bits per heavy atom. The monoisotopic (exact) mass is 321 g/mol. The molecule has 0 aliphatic rings. The summed E-state index contributed by atoms with van der Waals surface area (Å²) < 4.78 is 11.7. The molecule has 3 nitrogen and oxygen atoms in total. The normalized spacial score (nSPS) is 11.7. The molecule has 0 unspecified atom stereocenters. The van der Waals surface area contributed by atoms with Crippen LogP contribution in [0.2, 0.25) is 0 Å². The van der Waals surface area contributed by atoms with E-state index in [4.69, 9.17) is 14.7 Å². The van der Waals surface area contributed by atoms with E-state index in [0.717, 1.165) is 44.9 Å². The summed E-state index contributed by atoms with van der Waals surface area (Å²) in [6.07, 6.45) is 18.6. The van der Waals surface area contributed by atoms with Crippen LogP contribution in [0.1, 0.15) is 78.1 Å². The van der Waals surface area contributed by atoms with Crippen molar-refractivity contribution >= 4 is 0 Å². The third-order valence-corrected chi connectivity index (χ3v) is 3.40. The first kappa shape index (κ1) is 21.9. The van der Waals surface area contributed by atoms with Crippen LogP contribution in [0, 0.1) is 11.3 Å². The maximum absolute atomic E-state index is 8.59. The van der Waals surface area contributed by atoms with Crippen LogP contribution in [0.3, 0.4) is 0 Å². The zero-order valence-electron chi connectivity index (χ0n) is 15.1. The van der Waals surface area contributed by atoms with Crippen LogP contribution < -0.4 is 0 Å². The Morgan fingerprint density at radius 3 is 1.83 bits per heavy atom. The van der Waals surface area contributed by atoms with Gasteiger partial charge in [-0.1, -0.05) is 51.0 Å². The third kappa shape index (κ3) is 17.1. The Balaban J connectivity index is 3.90. The van der Waals surface area contributed by atoms with Gasteiger partial charge in [0, 0.05) is 6.42 Å². The molecule has 23 heavy (non-hydrogen) atoms. The number of hydrogen-bond donors (Lipinski definition) is 0. The molecule has 0 aliphatic carbocycles. The number of rotatable bonds is 16.